The van der Waals surface area contributed by atoms with Crippen LogP contribution >= 0.6 is 0 Å². The highest BCUT2D eigenvalue weighted by Crippen LogP contribution is 2.34. The highest BCUT2D eigenvalue weighted by molar-refractivity contribution is 6.35. The Morgan fingerprint density at radius 1 is 1.10 bits per heavy atom. The third-order valence-corrected chi connectivity index (χ3v) is 5.40. The van der Waals surface area contributed by atoms with Crippen LogP contribution in [0.15, 0.2) is 42.5 Å². The largest absolute Gasteiger partial charge is 0.378 e. The maximum Gasteiger partial charge on any atom is 0.257 e. The number of nitrogens with zero attached hydrogens (tertiary/aromatic N) is 1. The fraction of sp³-hybridized carbons (Fsp3) is 0.167. The van der Waals surface area contributed by atoms with Gasteiger partial charge in [0.15, 0.2) is 0 Å². The smallest absolute Gasteiger partial charge is 0.257 e. The number of hydrogen-bond donors (Lipinski definition) is 3. The van der Waals surface area contributed by atoms with Crippen molar-refractivity contribution in [2.45, 2.75) is 13.8 Å². The van der Waals surface area contributed by atoms with Crippen LogP contribution in [0.3, 0.4) is 0 Å². The first-order chi connectivity index (χ1) is 14.7. The zero-order valence-corrected chi connectivity index (χ0v) is 17.8. The van der Waals surface area contributed by atoms with Gasteiger partial charge in [-0.2, -0.15) is 0 Å². The fourth-order valence-electron chi connectivity index (χ4n) is 3.74. The fourth-order valence-corrected chi connectivity index (χ4v) is 3.74. The monoisotopic (exact) mass is 418 g/mol. The molecule has 3 N–H and O–H groups in total. The van der Waals surface area contributed by atoms with Crippen LogP contribution in [0.25, 0.3) is 11.6 Å². The number of benzene rings is 2. The molecule has 0 radical (unpaired) electrons. The molecule has 0 unspecified atom stereocenters. The minimum absolute atomic E-state index is 0.240. The molecule has 0 fully saturated rings. The number of rotatable bonds is 4. The Morgan fingerprint density at radius 3 is 2.48 bits per heavy atom. The van der Waals surface area contributed by atoms with Crippen LogP contribution in [0.4, 0.5) is 21.5 Å². The van der Waals surface area contributed by atoms with Gasteiger partial charge in [-0.25, -0.2) is 4.39 Å². The molecule has 1 aromatic heterocycles. The van der Waals surface area contributed by atoms with Crippen LogP contribution < -0.4 is 15.5 Å². The van der Waals surface area contributed by atoms with Gasteiger partial charge in [0.05, 0.1) is 11.1 Å². The second kappa shape index (κ2) is 7.75. The summed E-state index contributed by atoms with van der Waals surface area (Å²) in [6.45, 7) is 3.63. The summed E-state index contributed by atoms with van der Waals surface area (Å²) in [6.07, 6.45) is 1.66. The quantitative estimate of drug-likeness (QED) is 0.543. The van der Waals surface area contributed by atoms with Gasteiger partial charge in [0, 0.05) is 48.1 Å². The number of carbonyl (C=O) groups is 2. The third kappa shape index (κ3) is 3.82. The van der Waals surface area contributed by atoms with Gasteiger partial charge in [0.25, 0.3) is 11.8 Å². The van der Waals surface area contributed by atoms with Crippen molar-refractivity contribution in [3.05, 3.63) is 76.4 Å². The molecule has 31 heavy (non-hydrogen) atoms. The molecule has 0 atom stereocenters. The van der Waals surface area contributed by atoms with Gasteiger partial charge < -0.3 is 20.5 Å². The Morgan fingerprint density at radius 2 is 1.81 bits per heavy atom. The predicted octanol–water partition coefficient (Wildman–Crippen LogP) is 4.58. The molecular formula is C24H23FN4O2. The van der Waals surface area contributed by atoms with Crippen molar-refractivity contribution >= 4 is 40.5 Å². The molecule has 1 aliphatic heterocycles. The van der Waals surface area contributed by atoms with E-state index in [9.17, 15) is 14.0 Å². The number of aromatic nitrogens is 1. The normalized spacial score (nSPS) is 13.8. The Bertz CT molecular complexity index is 1220. The number of carbonyl (C=O) groups excluding carboxylic acids is 2. The van der Waals surface area contributed by atoms with Crippen LogP contribution in [0.1, 0.15) is 32.9 Å². The van der Waals surface area contributed by atoms with Gasteiger partial charge in [0.1, 0.15) is 5.82 Å². The number of aryl methyl sites for hydroxylation is 1. The van der Waals surface area contributed by atoms with E-state index in [0.717, 1.165) is 5.69 Å². The van der Waals surface area contributed by atoms with Crippen molar-refractivity contribution in [1.29, 1.82) is 0 Å². The predicted molar refractivity (Wildman–Crippen MR) is 122 cm³/mol. The second-order valence-electron chi connectivity index (χ2n) is 7.76. The van der Waals surface area contributed by atoms with Gasteiger partial charge in [-0.3, -0.25) is 9.59 Å². The lowest BCUT2D eigenvalue weighted by atomic mass is 10.0. The minimum Gasteiger partial charge on any atom is -0.378 e. The van der Waals surface area contributed by atoms with Crippen molar-refractivity contribution in [1.82, 2.24) is 4.98 Å². The van der Waals surface area contributed by atoms with Crippen LogP contribution in [0.2, 0.25) is 0 Å². The van der Waals surface area contributed by atoms with Crippen molar-refractivity contribution in [2.75, 3.05) is 29.6 Å². The summed E-state index contributed by atoms with van der Waals surface area (Å²) >= 11 is 0. The standard InChI is InChI=1S/C24H23FN4O2/c1-13-21(12-19-18-11-15(25)5-10-20(18)28-23(19)30)26-14(2)22(13)24(31)27-16-6-8-17(9-7-16)29(3)4/h5-12,26H,1-4H3,(H,27,31)(H,28,30). The van der Waals surface area contributed by atoms with Crippen LogP contribution in [0.5, 0.6) is 0 Å². The molecule has 2 amide bonds. The third-order valence-electron chi connectivity index (χ3n) is 5.40. The maximum absolute atomic E-state index is 13.7. The summed E-state index contributed by atoms with van der Waals surface area (Å²) in [5, 5.41) is 5.65. The lowest BCUT2D eigenvalue weighted by Gasteiger charge is -2.13. The molecule has 3 aromatic rings. The number of hydrogen-bond acceptors (Lipinski definition) is 3. The molecule has 0 saturated heterocycles. The van der Waals surface area contributed by atoms with E-state index in [1.54, 1.807) is 13.0 Å². The highest BCUT2D eigenvalue weighted by atomic mass is 19.1. The Kier molecular flexibility index (Phi) is 5.10. The molecule has 4 rings (SSSR count). The zero-order valence-electron chi connectivity index (χ0n) is 17.8. The molecule has 6 nitrogen and oxygen atoms in total. The molecule has 1 aliphatic rings. The van der Waals surface area contributed by atoms with E-state index < -0.39 is 5.82 Å². The van der Waals surface area contributed by atoms with Crippen LogP contribution in [-0.4, -0.2) is 30.9 Å². The van der Waals surface area contributed by atoms with Crippen LogP contribution in [0, 0.1) is 19.7 Å². The number of nitrogens with one attached hydrogen (secondary N) is 3. The summed E-state index contributed by atoms with van der Waals surface area (Å²) < 4.78 is 13.7. The number of fused-ring (bicyclic) bond motifs is 1. The van der Waals surface area contributed by atoms with E-state index >= 15 is 0 Å². The number of aromatic amines is 1. The first-order valence-corrected chi connectivity index (χ1v) is 9.85. The van der Waals surface area contributed by atoms with Crippen molar-refractivity contribution in [3.63, 3.8) is 0 Å². The molecule has 0 saturated carbocycles. The topological polar surface area (TPSA) is 77.2 Å². The minimum atomic E-state index is -0.416. The van der Waals surface area contributed by atoms with E-state index in [4.69, 9.17) is 0 Å². The summed E-state index contributed by atoms with van der Waals surface area (Å²) in [5.74, 6) is -0.962. The Balaban J connectivity index is 1.64. The SMILES string of the molecule is Cc1[nH]c(C=C2C(=O)Nc3ccc(F)cc32)c(C)c1C(=O)Nc1ccc(N(C)C)cc1. The van der Waals surface area contributed by atoms with Crippen molar-refractivity contribution < 1.29 is 14.0 Å². The highest BCUT2D eigenvalue weighted by Gasteiger charge is 2.26. The molecule has 2 aromatic carbocycles. The van der Waals surface area contributed by atoms with E-state index in [1.165, 1.54) is 18.2 Å². The lowest BCUT2D eigenvalue weighted by Crippen LogP contribution is -2.14. The maximum atomic E-state index is 13.7. The van der Waals surface area contributed by atoms with E-state index in [2.05, 4.69) is 15.6 Å². The van der Waals surface area contributed by atoms with E-state index in [1.807, 2.05) is 50.2 Å². The van der Waals surface area contributed by atoms with Crippen molar-refractivity contribution in [3.8, 4) is 0 Å². The molecule has 0 spiro atoms. The average molecular weight is 418 g/mol. The molecule has 0 bridgehead atoms. The lowest BCUT2D eigenvalue weighted by molar-refractivity contribution is -0.110. The van der Waals surface area contributed by atoms with E-state index in [0.29, 0.717) is 45.0 Å². The zero-order chi connectivity index (χ0) is 22.3. The first-order valence-electron chi connectivity index (χ1n) is 9.85. The van der Waals surface area contributed by atoms with Crippen LogP contribution in [-0.2, 0) is 4.79 Å². The molecular weight excluding hydrogens is 395 g/mol. The summed E-state index contributed by atoms with van der Waals surface area (Å²) in [7, 11) is 3.90. The number of anilines is 3. The van der Waals surface area contributed by atoms with E-state index in [-0.39, 0.29) is 11.8 Å². The molecule has 2 heterocycles. The summed E-state index contributed by atoms with van der Waals surface area (Å²) in [6, 6.07) is 11.7. The van der Waals surface area contributed by atoms with Gasteiger partial charge in [-0.15, -0.1) is 0 Å². The molecule has 7 heteroatoms. The number of H-pyrrole nitrogens is 1. The molecule has 158 valence electrons. The molecule has 0 aliphatic carbocycles. The van der Waals surface area contributed by atoms with Gasteiger partial charge in [0.2, 0.25) is 0 Å². The van der Waals surface area contributed by atoms with Gasteiger partial charge in [-0.1, -0.05) is 0 Å². The Labute approximate surface area is 179 Å². The van der Waals surface area contributed by atoms with Gasteiger partial charge >= 0.3 is 0 Å². The van der Waals surface area contributed by atoms with Crippen molar-refractivity contribution in [2.24, 2.45) is 0 Å². The average Bonchev–Trinajstić information content (AvgIpc) is 3.17. The number of halogens is 1. The van der Waals surface area contributed by atoms with Gasteiger partial charge in [-0.05, 0) is 68.0 Å². The first kappa shape index (κ1) is 20.4. The Hall–Kier alpha value is -3.87. The second-order valence-corrected chi connectivity index (χ2v) is 7.76. The number of amides is 2. The summed E-state index contributed by atoms with van der Waals surface area (Å²) in [4.78, 5) is 30.5. The summed E-state index contributed by atoms with van der Waals surface area (Å²) in [5.41, 5.74) is 5.69.